The molecule has 5 nitrogen and oxygen atoms in total. The van der Waals surface area contributed by atoms with Crippen LogP contribution in [0.15, 0.2) is 11.0 Å². The molecule has 1 heterocycles. The number of hydrogen-bond acceptors (Lipinski definition) is 4. The van der Waals surface area contributed by atoms with Gasteiger partial charge in [-0.05, 0) is 27.2 Å². The molecule has 0 saturated heterocycles. The molecule has 0 bridgehead atoms. The van der Waals surface area contributed by atoms with Gasteiger partial charge in [0.2, 0.25) is 0 Å². The van der Waals surface area contributed by atoms with E-state index < -0.39 is 0 Å². The molecule has 1 atom stereocenters. The van der Waals surface area contributed by atoms with Crippen LogP contribution in [0, 0.1) is 0 Å². The molecular formula is C12H20ClN3O2. The van der Waals surface area contributed by atoms with Gasteiger partial charge in [0.05, 0.1) is 17.9 Å². The Kier molecular flexibility index (Phi) is 5.62. The summed E-state index contributed by atoms with van der Waals surface area (Å²) in [4.78, 5) is 11.9. The maximum absolute atomic E-state index is 11.9. The topological polar surface area (TPSA) is 56.1 Å². The predicted molar refractivity (Wildman–Crippen MR) is 73.5 cm³/mol. The number of anilines is 1. The average molecular weight is 274 g/mol. The molecule has 1 aromatic rings. The van der Waals surface area contributed by atoms with Crippen molar-refractivity contribution in [2.45, 2.75) is 39.3 Å². The zero-order valence-electron chi connectivity index (χ0n) is 11.2. The minimum Gasteiger partial charge on any atom is -0.385 e. The number of nitrogens with one attached hydrogen (secondary N) is 1. The maximum Gasteiger partial charge on any atom is 0.287 e. The monoisotopic (exact) mass is 273 g/mol. The largest absolute Gasteiger partial charge is 0.385 e. The molecule has 1 aromatic heterocycles. The van der Waals surface area contributed by atoms with Gasteiger partial charge in [-0.2, -0.15) is 5.10 Å². The molecule has 0 aromatic carbocycles. The third-order valence-corrected chi connectivity index (χ3v) is 2.95. The van der Waals surface area contributed by atoms with E-state index in [1.165, 1.54) is 4.68 Å². The minimum atomic E-state index is -0.268. The number of ether oxygens (including phenoxy) is 1. The summed E-state index contributed by atoms with van der Waals surface area (Å²) in [7, 11) is 1.66. The van der Waals surface area contributed by atoms with Gasteiger partial charge in [0, 0.05) is 19.8 Å². The standard InChI is InChI=1S/C12H20ClN3O2/c1-8(2)16-12(17)11(13)10(7-14-16)15-9(3)5-6-18-4/h7-9,15H,5-6H2,1-4H3. The second-order valence-electron chi connectivity index (χ2n) is 4.54. The first-order chi connectivity index (χ1) is 8.47. The summed E-state index contributed by atoms with van der Waals surface area (Å²) in [5.41, 5.74) is 0.303. The lowest BCUT2D eigenvalue weighted by Gasteiger charge is -2.16. The fourth-order valence-corrected chi connectivity index (χ4v) is 1.74. The van der Waals surface area contributed by atoms with Crippen molar-refractivity contribution in [3.8, 4) is 0 Å². The van der Waals surface area contributed by atoms with E-state index in [-0.39, 0.29) is 22.7 Å². The molecule has 0 spiro atoms. The van der Waals surface area contributed by atoms with Crippen molar-refractivity contribution in [1.82, 2.24) is 9.78 Å². The van der Waals surface area contributed by atoms with Crippen molar-refractivity contribution in [3.63, 3.8) is 0 Å². The second-order valence-corrected chi connectivity index (χ2v) is 4.92. The van der Waals surface area contributed by atoms with Crippen LogP contribution in [0.5, 0.6) is 0 Å². The third-order valence-electron chi connectivity index (χ3n) is 2.59. The Morgan fingerprint density at radius 1 is 1.50 bits per heavy atom. The Morgan fingerprint density at radius 3 is 2.72 bits per heavy atom. The summed E-state index contributed by atoms with van der Waals surface area (Å²) in [5, 5.41) is 7.45. The maximum atomic E-state index is 11.9. The lowest BCUT2D eigenvalue weighted by Crippen LogP contribution is -2.27. The zero-order valence-corrected chi connectivity index (χ0v) is 12.0. The summed E-state index contributed by atoms with van der Waals surface area (Å²) in [6, 6.07) is 0.161. The molecule has 0 amide bonds. The SMILES string of the molecule is COCCC(C)Nc1cnn(C(C)C)c(=O)c1Cl. The first-order valence-electron chi connectivity index (χ1n) is 6.00. The smallest absolute Gasteiger partial charge is 0.287 e. The fraction of sp³-hybridized carbons (Fsp3) is 0.667. The van der Waals surface area contributed by atoms with Crippen LogP contribution < -0.4 is 10.9 Å². The van der Waals surface area contributed by atoms with Gasteiger partial charge in [0.1, 0.15) is 5.02 Å². The molecule has 1 unspecified atom stereocenters. The van der Waals surface area contributed by atoms with Crippen molar-refractivity contribution in [3.05, 3.63) is 21.6 Å². The molecule has 102 valence electrons. The van der Waals surface area contributed by atoms with Gasteiger partial charge in [0.15, 0.2) is 0 Å². The van der Waals surface area contributed by atoms with Gasteiger partial charge in [-0.15, -0.1) is 0 Å². The lowest BCUT2D eigenvalue weighted by molar-refractivity contribution is 0.191. The third kappa shape index (κ3) is 3.71. The molecule has 6 heteroatoms. The Balaban J connectivity index is 2.86. The van der Waals surface area contributed by atoms with Crippen LogP contribution in [0.4, 0.5) is 5.69 Å². The summed E-state index contributed by atoms with van der Waals surface area (Å²) >= 11 is 6.05. The van der Waals surface area contributed by atoms with Gasteiger partial charge >= 0.3 is 0 Å². The molecule has 0 aliphatic carbocycles. The summed E-state index contributed by atoms with van der Waals surface area (Å²) in [6.07, 6.45) is 2.42. The Labute approximate surface area is 112 Å². The van der Waals surface area contributed by atoms with Gasteiger partial charge in [-0.1, -0.05) is 11.6 Å². The minimum absolute atomic E-state index is 0.00466. The first kappa shape index (κ1) is 15.0. The highest BCUT2D eigenvalue weighted by molar-refractivity contribution is 6.32. The molecule has 0 fully saturated rings. The Hall–Kier alpha value is -1.07. The van der Waals surface area contributed by atoms with Crippen LogP contribution in [-0.4, -0.2) is 29.5 Å². The molecule has 0 radical (unpaired) electrons. The van der Waals surface area contributed by atoms with Crippen LogP contribution >= 0.6 is 11.6 Å². The van der Waals surface area contributed by atoms with Crippen LogP contribution in [-0.2, 0) is 4.74 Å². The van der Waals surface area contributed by atoms with Gasteiger partial charge < -0.3 is 10.1 Å². The van der Waals surface area contributed by atoms with E-state index in [1.54, 1.807) is 13.3 Å². The number of rotatable bonds is 6. The molecule has 1 rings (SSSR count). The summed E-state index contributed by atoms with van der Waals surface area (Å²) < 4.78 is 6.37. The van der Waals surface area contributed by atoms with E-state index in [9.17, 15) is 4.79 Å². The summed E-state index contributed by atoms with van der Waals surface area (Å²) in [5.74, 6) is 0. The second kappa shape index (κ2) is 6.75. The van der Waals surface area contributed by atoms with Gasteiger partial charge in [-0.25, -0.2) is 4.68 Å². The van der Waals surface area contributed by atoms with Crippen LogP contribution in [0.2, 0.25) is 5.02 Å². The van der Waals surface area contributed by atoms with E-state index in [2.05, 4.69) is 10.4 Å². The van der Waals surface area contributed by atoms with Gasteiger partial charge in [0.25, 0.3) is 5.56 Å². The van der Waals surface area contributed by atoms with Crippen molar-refractivity contribution >= 4 is 17.3 Å². The number of hydrogen-bond donors (Lipinski definition) is 1. The Morgan fingerprint density at radius 2 is 2.17 bits per heavy atom. The zero-order chi connectivity index (χ0) is 13.7. The number of halogens is 1. The number of aromatic nitrogens is 2. The van der Waals surface area contributed by atoms with Crippen molar-refractivity contribution < 1.29 is 4.74 Å². The summed E-state index contributed by atoms with van der Waals surface area (Å²) in [6.45, 7) is 6.43. The first-order valence-corrected chi connectivity index (χ1v) is 6.38. The van der Waals surface area contributed by atoms with Crippen molar-refractivity contribution in [1.29, 1.82) is 0 Å². The molecule has 0 aliphatic rings. The fourth-order valence-electron chi connectivity index (χ4n) is 1.55. The average Bonchev–Trinajstić information content (AvgIpc) is 2.32. The molecule has 18 heavy (non-hydrogen) atoms. The van der Waals surface area contributed by atoms with E-state index in [4.69, 9.17) is 16.3 Å². The van der Waals surface area contributed by atoms with E-state index in [0.29, 0.717) is 12.3 Å². The molecule has 0 aliphatic heterocycles. The highest BCUT2D eigenvalue weighted by Gasteiger charge is 2.12. The predicted octanol–water partition coefficient (Wildman–Crippen LogP) is 2.31. The normalized spacial score (nSPS) is 12.8. The van der Waals surface area contributed by atoms with Crippen molar-refractivity contribution in [2.24, 2.45) is 0 Å². The number of methoxy groups -OCH3 is 1. The van der Waals surface area contributed by atoms with E-state index in [1.807, 2.05) is 20.8 Å². The van der Waals surface area contributed by atoms with Crippen molar-refractivity contribution in [2.75, 3.05) is 19.0 Å². The quantitative estimate of drug-likeness (QED) is 0.864. The van der Waals surface area contributed by atoms with E-state index in [0.717, 1.165) is 6.42 Å². The molecule has 0 saturated carbocycles. The molecule has 1 N–H and O–H groups in total. The lowest BCUT2D eigenvalue weighted by atomic mass is 10.2. The van der Waals surface area contributed by atoms with Gasteiger partial charge in [-0.3, -0.25) is 4.79 Å². The highest BCUT2D eigenvalue weighted by Crippen LogP contribution is 2.17. The van der Waals surface area contributed by atoms with Crippen LogP contribution in [0.3, 0.4) is 0 Å². The van der Waals surface area contributed by atoms with E-state index >= 15 is 0 Å². The molecular weight excluding hydrogens is 254 g/mol. The van der Waals surface area contributed by atoms with Crippen LogP contribution in [0.1, 0.15) is 33.2 Å². The highest BCUT2D eigenvalue weighted by atomic mass is 35.5. The van der Waals surface area contributed by atoms with Crippen LogP contribution in [0.25, 0.3) is 0 Å². The number of nitrogens with zero attached hydrogens (tertiary/aromatic N) is 2. The Bertz CT molecular complexity index is 445.